The van der Waals surface area contributed by atoms with Gasteiger partial charge in [0.05, 0.1) is 5.92 Å². The molecule has 19 heavy (non-hydrogen) atoms. The molecule has 2 aliphatic rings. The fourth-order valence-corrected chi connectivity index (χ4v) is 3.27. The van der Waals surface area contributed by atoms with Crippen LogP contribution in [0, 0.1) is 6.92 Å². The van der Waals surface area contributed by atoms with Crippen molar-refractivity contribution < 1.29 is 9.59 Å². The molecule has 3 amide bonds. The Labute approximate surface area is 112 Å². The highest BCUT2D eigenvalue weighted by Gasteiger charge is 2.43. The molecule has 2 unspecified atom stereocenters. The van der Waals surface area contributed by atoms with E-state index in [9.17, 15) is 9.59 Å². The summed E-state index contributed by atoms with van der Waals surface area (Å²) >= 11 is 0. The Morgan fingerprint density at radius 3 is 2.79 bits per heavy atom. The number of carbonyl (C=O) groups is 2. The molecule has 2 saturated heterocycles. The Morgan fingerprint density at radius 2 is 2.00 bits per heavy atom. The van der Waals surface area contributed by atoms with Crippen molar-refractivity contribution >= 4 is 11.9 Å². The number of hydrogen-bond acceptors (Lipinski definition) is 2. The third kappa shape index (κ3) is 2.01. The van der Waals surface area contributed by atoms with Crippen molar-refractivity contribution in [2.75, 3.05) is 6.54 Å². The summed E-state index contributed by atoms with van der Waals surface area (Å²) in [5, 5.41) is 2.50. The lowest BCUT2D eigenvalue weighted by Gasteiger charge is -2.43. The number of urea groups is 1. The zero-order valence-electron chi connectivity index (χ0n) is 11.1. The van der Waals surface area contributed by atoms with Crippen LogP contribution in [0.3, 0.4) is 0 Å². The average molecular weight is 258 g/mol. The molecular weight excluding hydrogens is 240 g/mol. The molecule has 0 spiro atoms. The van der Waals surface area contributed by atoms with E-state index in [1.165, 1.54) is 0 Å². The van der Waals surface area contributed by atoms with Crippen molar-refractivity contribution in [1.29, 1.82) is 0 Å². The lowest BCUT2D eigenvalue weighted by atomic mass is 9.81. The standard InChI is InChI=1S/C15H18N2O2/c1-10-6-2-3-7-11(10)13-12-8-4-5-9-17(12)15(19)16-14(13)18/h2-3,6-7,12-13H,4-5,8-9H2,1H3,(H,16,18,19). The number of fused-ring (bicyclic) bond motifs is 1. The highest BCUT2D eigenvalue weighted by atomic mass is 16.2. The first kappa shape index (κ1) is 12.2. The van der Waals surface area contributed by atoms with Crippen molar-refractivity contribution in [2.24, 2.45) is 0 Å². The summed E-state index contributed by atoms with van der Waals surface area (Å²) < 4.78 is 0. The summed E-state index contributed by atoms with van der Waals surface area (Å²) in [5.41, 5.74) is 2.16. The number of carbonyl (C=O) groups excluding carboxylic acids is 2. The minimum Gasteiger partial charge on any atom is -0.320 e. The summed E-state index contributed by atoms with van der Waals surface area (Å²) in [6.45, 7) is 2.78. The predicted octanol–water partition coefficient (Wildman–Crippen LogP) is 2.18. The number of aryl methyl sites for hydroxylation is 1. The number of imide groups is 1. The molecule has 1 N–H and O–H groups in total. The topological polar surface area (TPSA) is 49.4 Å². The number of benzene rings is 1. The third-order valence-electron chi connectivity index (χ3n) is 4.23. The van der Waals surface area contributed by atoms with Gasteiger partial charge in [0.25, 0.3) is 0 Å². The van der Waals surface area contributed by atoms with E-state index in [2.05, 4.69) is 5.32 Å². The monoisotopic (exact) mass is 258 g/mol. The van der Waals surface area contributed by atoms with Crippen LogP contribution in [0.1, 0.15) is 36.3 Å². The van der Waals surface area contributed by atoms with Crippen molar-refractivity contribution in [3.05, 3.63) is 35.4 Å². The molecule has 0 radical (unpaired) electrons. The van der Waals surface area contributed by atoms with E-state index in [1.807, 2.05) is 36.1 Å². The molecule has 0 aromatic heterocycles. The van der Waals surface area contributed by atoms with Gasteiger partial charge in [-0.1, -0.05) is 24.3 Å². The normalized spacial score (nSPS) is 26.9. The molecule has 0 saturated carbocycles. The van der Waals surface area contributed by atoms with Gasteiger partial charge >= 0.3 is 6.03 Å². The third-order valence-corrected chi connectivity index (χ3v) is 4.23. The predicted molar refractivity (Wildman–Crippen MR) is 71.8 cm³/mol. The average Bonchev–Trinajstić information content (AvgIpc) is 2.41. The molecule has 100 valence electrons. The summed E-state index contributed by atoms with van der Waals surface area (Å²) in [6.07, 6.45) is 3.03. The van der Waals surface area contributed by atoms with Crippen LogP contribution in [0.25, 0.3) is 0 Å². The lowest BCUT2D eigenvalue weighted by molar-refractivity contribution is -0.125. The molecule has 4 heteroatoms. The Balaban J connectivity index is 2.01. The minimum absolute atomic E-state index is 0.0242. The molecule has 3 rings (SSSR count). The molecule has 1 aromatic rings. The van der Waals surface area contributed by atoms with Crippen molar-refractivity contribution in [3.63, 3.8) is 0 Å². The highest BCUT2D eigenvalue weighted by molar-refractivity contribution is 6.01. The Kier molecular flexibility index (Phi) is 3.01. The van der Waals surface area contributed by atoms with Crippen LogP contribution < -0.4 is 5.32 Å². The number of amides is 3. The summed E-state index contributed by atoms with van der Waals surface area (Å²) in [7, 11) is 0. The first-order chi connectivity index (χ1) is 9.18. The van der Waals surface area contributed by atoms with Crippen LogP contribution in [-0.4, -0.2) is 29.4 Å². The maximum Gasteiger partial charge on any atom is 0.324 e. The first-order valence-corrected chi connectivity index (χ1v) is 6.85. The van der Waals surface area contributed by atoms with Crippen LogP contribution in [0.15, 0.2) is 24.3 Å². The van der Waals surface area contributed by atoms with Gasteiger partial charge in [-0.3, -0.25) is 10.1 Å². The van der Waals surface area contributed by atoms with E-state index >= 15 is 0 Å². The van der Waals surface area contributed by atoms with E-state index in [0.717, 1.165) is 36.9 Å². The second-order valence-electron chi connectivity index (χ2n) is 5.39. The van der Waals surface area contributed by atoms with Gasteiger partial charge < -0.3 is 4.90 Å². The van der Waals surface area contributed by atoms with E-state index < -0.39 is 0 Å². The van der Waals surface area contributed by atoms with Crippen molar-refractivity contribution in [3.8, 4) is 0 Å². The van der Waals surface area contributed by atoms with Gasteiger partial charge in [-0.25, -0.2) is 4.79 Å². The van der Waals surface area contributed by atoms with Gasteiger partial charge in [0.15, 0.2) is 0 Å². The molecule has 2 atom stereocenters. The molecule has 0 aliphatic carbocycles. The van der Waals surface area contributed by atoms with Gasteiger partial charge in [-0.2, -0.15) is 0 Å². The molecule has 1 aromatic carbocycles. The van der Waals surface area contributed by atoms with Gasteiger partial charge in [-0.05, 0) is 37.3 Å². The zero-order valence-corrected chi connectivity index (χ0v) is 11.1. The smallest absolute Gasteiger partial charge is 0.320 e. The largest absolute Gasteiger partial charge is 0.324 e. The van der Waals surface area contributed by atoms with E-state index in [0.29, 0.717) is 0 Å². The minimum atomic E-state index is -0.223. The number of rotatable bonds is 1. The Bertz CT molecular complexity index is 527. The number of hydrogen-bond donors (Lipinski definition) is 1. The lowest BCUT2D eigenvalue weighted by Crippen LogP contribution is -2.60. The molecule has 2 heterocycles. The number of piperidine rings is 1. The number of nitrogens with zero attached hydrogens (tertiary/aromatic N) is 1. The summed E-state index contributed by atoms with van der Waals surface area (Å²) in [4.78, 5) is 26.0. The van der Waals surface area contributed by atoms with Crippen molar-refractivity contribution in [2.45, 2.75) is 38.1 Å². The van der Waals surface area contributed by atoms with Gasteiger partial charge in [0, 0.05) is 12.6 Å². The fourth-order valence-electron chi connectivity index (χ4n) is 3.27. The van der Waals surface area contributed by atoms with E-state index in [4.69, 9.17) is 0 Å². The quantitative estimate of drug-likeness (QED) is 0.839. The first-order valence-electron chi connectivity index (χ1n) is 6.85. The molecule has 4 nitrogen and oxygen atoms in total. The maximum absolute atomic E-state index is 12.3. The second-order valence-corrected chi connectivity index (χ2v) is 5.39. The van der Waals surface area contributed by atoms with Crippen LogP contribution >= 0.6 is 0 Å². The van der Waals surface area contributed by atoms with E-state index in [1.54, 1.807) is 0 Å². The van der Waals surface area contributed by atoms with Crippen LogP contribution in [0.2, 0.25) is 0 Å². The molecular formula is C15H18N2O2. The van der Waals surface area contributed by atoms with Gasteiger partial charge in [-0.15, -0.1) is 0 Å². The van der Waals surface area contributed by atoms with Crippen LogP contribution in [-0.2, 0) is 4.79 Å². The van der Waals surface area contributed by atoms with Crippen molar-refractivity contribution in [1.82, 2.24) is 10.2 Å². The second kappa shape index (κ2) is 4.68. The van der Waals surface area contributed by atoms with Gasteiger partial charge in [0.1, 0.15) is 0 Å². The SMILES string of the molecule is Cc1ccccc1C1C(=O)NC(=O)N2CCCCC12. The maximum atomic E-state index is 12.3. The number of nitrogens with one attached hydrogen (secondary N) is 1. The zero-order chi connectivity index (χ0) is 13.4. The van der Waals surface area contributed by atoms with Crippen LogP contribution in [0.5, 0.6) is 0 Å². The highest BCUT2D eigenvalue weighted by Crippen LogP contribution is 2.34. The summed E-state index contributed by atoms with van der Waals surface area (Å²) in [6, 6.07) is 7.76. The molecule has 0 bridgehead atoms. The van der Waals surface area contributed by atoms with Crippen LogP contribution in [0.4, 0.5) is 4.79 Å². The molecule has 2 aliphatic heterocycles. The Morgan fingerprint density at radius 1 is 1.21 bits per heavy atom. The fraction of sp³-hybridized carbons (Fsp3) is 0.467. The van der Waals surface area contributed by atoms with Gasteiger partial charge in [0.2, 0.25) is 5.91 Å². The Hall–Kier alpha value is -1.84. The molecule has 2 fully saturated rings. The summed E-state index contributed by atoms with van der Waals surface area (Å²) in [5.74, 6) is -0.373. The van der Waals surface area contributed by atoms with E-state index in [-0.39, 0.29) is 23.9 Å².